The normalized spacial score (nSPS) is 14.9. The SMILES string of the molecule is CP(=O)(O)C(C(=O)N/C=C/c1ccc(F)c(F)c1)c1csc2ccc(I)cc12. The molecule has 0 radical (unpaired) electrons. The highest BCUT2D eigenvalue weighted by atomic mass is 127. The van der Waals surface area contributed by atoms with E-state index in [2.05, 4.69) is 27.9 Å². The molecule has 0 bridgehead atoms. The molecule has 3 aromatic rings. The first-order valence-corrected chi connectivity index (χ1v) is 12.2. The summed E-state index contributed by atoms with van der Waals surface area (Å²) in [6.07, 6.45) is 2.63. The zero-order valence-corrected chi connectivity index (χ0v) is 18.4. The Morgan fingerprint density at radius 2 is 2.00 bits per heavy atom. The first-order valence-electron chi connectivity index (χ1n) is 8.05. The van der Waals surface area contributed by atoms with Gasteiger partial charge in [0.25, 0.3) is 0 Å². The molecule has 0 fully saturated rings. The maximum atomic E-state index is 13.3. The van der Waals surface area contributed by atoms with Crippen LogP contribution in [0.3, 0.4) is 0 Å². The van der Waals surface area contributed by atoms with Gasteiger partial charge >= 0.3 is 0 Å². The lowest BCUT2D eigenvalue weighted by molar-refractivity contribution is -0.120. The fourth-order valence-corrected chi connectivity index (χ4v) is 5.56. The average molecular weight is 533 g/mol. The summed E-state index contributed by atoms with van der Waals surface area (Å²) in [4.78, 5) is 22.9. The maximum Gasteiger partial charge on any atom is 0.241 e. The Morgan fingerprint density at radius 3 is 2.68 bits per heavy atom. The van der Waals surface area contributed by atoms with Crippen LogP contribution in [0.4, 0.5) is 8.78 Å². The third kappa shape index (κ3) is 4.68. The number of halogens is 3. The summed E-state index contributed by atoms with van der Waals surface area (Å²) in [5.41, 5.74) is -0.408. The lowest BCUT2D eigenvalue weighted by Gasteiger charge is -2.18. The third-order valence-corrected chi connectivity index (χ3v) is 7.16. The highest BCUT2D eigenvalue weighted by molar-refractivity contribution is 14.1. The Kier molecular flexibility index (Phi) is 6.34. The second-order valence-corrected chi connectivity index (χ2v) is 10.8. The van der Waals surface area contributed by atoms with Gasteiger partial charge in [0.2, 0.25) is 13.3 Å². The fraction of sp³-hybridized carbons (Fsp3) is 0.105. The summed E-state index contributed by atoms with van der Waals surface area (Å²) in [7, 11) is -3.82. The Bertz CT molecular complexity index is 1130. The van der Waals surface area contributed by atoms with Crippen molar-refractivity contribution in [3.05, 3.63) is 74.3 Å². The van der Waals surface area contributed by atoms with E-state index in [4.69, 9.17) is 0 Å². The van der Waals surface area contributed by atoms with Crippen LogP contribution in [0.15, 0.2) is 48.0 Å². The van der Waals surface area contributed by atoms with Crippen molar-refractivity contribution in [2.24, 2.45) is 0 Å². The topological polar surface area (TPSA) is 66.4 Å². The maximum absolute atomic E-state index is 13.3. The van der Waals surface area contributed by atoms with Crippen LogP contribution in [0.1, 0.15) is 16.8 Å². The molecular weight excluding hydrogens is 518 g/mol. The van der Waals surface area contributed by atoms with Crippen molar-refractivity contribution in [2.45, 2.75) is 5.66 Å². The van der Waals surface area contributed by atoms with E-state index in [1.807, 2.05) is 18.2 Å². The van der Waals surface area contributed by atoms with Crippen LogP contribution in [0, 0.1) is 15.2 Å². The third-order valence-electron chi connectivity index (χ3n) is 4.03. The Morgan fingerprint density at radius 1 is 1.25 bits per heavy atom. The fourth-order valence-electron chi connectivity index (χ4n) is 2.76. The first kappa shape index (κ1) is 21.1. The zero-order valence-electron chi connectivity index (χ0n) is 14.5. The molecule has 3 rings (SSSR count). The number of carbonyl (C=O) groups excluding carboxylic acids is 1. The van der Waals surface area contributed by atoms with E-state index in [-0.39, 0.29) is 0 Å². The van der Waals surface area contributed by atoms with Crippen LogP contribution in [0.25, 0.3) is 16.2 Å². The van der Waals surface area contributed by atoms with Crippen LogP contribution in [0.5, 0.6) is 0 Å². The Labute approximate surface area is 177 Å². The number of fused-ring (bicyclic) bond motifs is 1. The monoisotopic (exact) mass is 533 g/mol. The van der Waals surface area contributed by atoms with Crippen molar-refractivity contribution in [2.75, 3.05) is 6.66 Å². The van der Waals surface area contributed by atoms with Crippen molar-refractivity contribution in [1.82, 2.24) is 5.32 Å². The minimum absolute atomic E-state index is 0.343. The molecule has 0 aliphatic rings. The summed E-state index contributed by atoms with van der Waals surface area (Å²) in [6.45, 7) is 1.15. The molecule has 2 aromatic carbocycles. The van der Waals surface area contributed by atoms with Gasteiger partial charge in [-0.1, -0.05) is 6.07 Å². The molecule has 146 valence electrons. The van der Waals surface area contributed by atoms with Gasteiger partial charge in [-0.2, -0.15) is 0 Å². The van der Waals surface area contributed by atoms with Crippen LogP contribution in [-0.4, -0.2) is 17.5 Å². The van der Waals surface area contributed by atoms with Gasteiger partial charge < -0.3 is 10.2 Å². The molecule has 0 spiro atoms. The second kappa shape index (κ2) is 8.41. The molecular formula is C19H15F2INO3PS. The molecule has 2 unspecified atom stereocenters. The summed E-state index contributed by atoms with van der Waals surface area (Å²) in [6, 6.07) is 9.01. The van der Waals surface area contributed by atoms with E-state index in [9.17, 15) is 23.0 Å². The van der Waals surface area contributed by atoms with E-state index in [1.54, 1.807) is 5.38 Å². The summed E-state index contributed by atoms with van der Waals surface area (Å²) >= 11 is 3.54. The van der Waals surface area contributed by atoms with Crippen LogP contribution in [-0.2, 0) is 9.36 Å². The largest absolute Gasteiger partial charge is 0.344 e. The lowest BCUT2D eigenvalue weighted by Crippen LogP contribution is -2.25. The molecule has 1 aromatic heterocycles. The highest BCUT2D eigenvalue weighted by Gasteiger charge is 2.36. The number of benzene rings is 2. The second-order valence-electron chi connectivity index (χ2n) is 6.19. The predicted octanol–water partition coefficient (Wildman–Crippen LogP) is 5.51. The molecule has 9 heteroatoms. The van der Waals surface area contributed by atoms with Gasteiger partial charge in [-0.15, -0.1) is 11.3 Å². The van der Waals surface area contributed by atoms with Crippen LogP contribution in [0.2, 0.25) is 0 Å². The van der Waals surface area contributed by atoms with Gasteiger partial charge in [0, 0.05) is 21.1 Å². The van der Waals surface area contributed by atoms with Gasteiger partial charge in [-0.3, -0.25) is 9.36 Å². The standard InChI is InChI=1S/C19H15F2INO3PS/c1-27(25,26)18(14-10-28-17-5-3-12(22)9-13(14)17)19(24)23-7-6-11-2-4-15(20)16(21)8-11/h2-10,18H,1H3,(H,23,24)(H,25,26)/b7-6+. The van der Waals surface area contributed by atoms with Crippen LogP contribution >= 0.6 is 41.3 Å². The number of amides is 1. The molecule has 0 aliphatic carbocycles. The minimum atomic E-state index is -3.82. The highest BCUT2D eigenvalue weighted by Crippen LogP contribution is 2.54. The number of rotatable bonds is 5. The summed E-state index contributed by atoms with van der Waals surface area (Å²) < 4.78 is 40.6. The molecule has 4 nitrogen and oxygen atoms in total. The molecule has 0 saturated heterocycles. The molecule has 28 heavy (non-hydrogen) atoms. The van der Waals surface area contributed by atoms with E-state index < -0.39 is 30.6 Å². The van der Waals surface area contributed by atoms with Gasteiger partial charge in [0.15, 0.2) is 11.6 Å². The number of hydrogen-bond acceptors (Lipinski definition) is 3. The van der Waals surface area contributed by atoms with Crippen molar-refractivity contribution >= 4 is 63.4 Å². The average Bonchev–Trinajstić information content (AvgIpc) is 3.00. The van der Waals surface area contributed by atoms with E-state index in [0.717, 1.165) is 32.5 Å². The van der Waals surface area contributed by atoms with E-state index in [0.29, 0.717) is 11.1 Å². The van der Waals surface area contributed by atoms with Crippen molar-refractivity contribution in [3.63, 3.8) is 0 Å². The Balaban J connectivity index is 1.88. The van der Waals surface area contributed by atoms with E-state index in [1.165, 1.54) is 29.7 Å². The van der Waals surface area contributed by atoms with Gasteiger partial charge in [0.1, 0.15) is 5.66 Å². The van der Waals surface area contributed by atoms with Crippen molar-refractivity contribution in [1.29, 1.82) is 0 Å². The van der Waals surface area contributed by atoms with Gasteiger partial charge in [-0.25, -0.2) is 8.78 Å². The number of nitrogens with one attached hydrogen (secondary N) is 1. The van der Waals surface area contributed by atoms with Crippen molar-refractivity contribution < 1.29 is 23.0 Å². The summed E-state index contributed by atoms with van der Waals surface area (Å²) in [5.74, 6) is -2.61. The van der Waals surface area contributed by atoms with Crippen molar-refractivity contribution in [3.8, 4) is 0 Å². The first-order chi connectivity index (χ1) is 13.2. The predicted molar refractivity (Wildman–Crippen MR) is 117 cm³/mol. The molecule has 0 aliphatic heterocycles. The lowest BCUT2D eigenvalue weighted by atomic mass is 10.1. The molecule has 1 amide bonds. The number of hydrogen-bond donors (Lipinski definition) is 2. The summed E-state index contributed by atoms with van der Waals surface area (Å²) in [5, 5.41) is 4.95. The molecule has 0 saturated carbocycles. The van der Waals surface area contributed by atoms with Gasteiger partial charge in [0.05, 0.1) is 0 Å². The Hall–Kier alpha value is -1.61. The molecule has 1 heterocycles. The molecule has 2 N–H and O–H groups in total. The zero-order chi connectivity index (χ0) is 20.5. The number of thiophene rings is 1. The number of carbonyl (C=O) groups is 1. The quantitative estimate of drug-likeness (QED) is 0.336. The van der Waals surface area contributed by atoms with E-state index >= 15 is 0 Å². The minimum Gasteiger partial charge on any atom is -0.344 e. The molecule has 2 atom stereocenters. The van der Waals surface area contributed by atoms with Gasteiger partial charge in [-0.05, 0) is 80.9 Å². The smallest absolute Gasteiger partial charge is 0.241 e. The van der Waals surface area contributed by atoms with Crippen LogP contribution < -0.4 is 5.32 Å².